The SMILES string of the molecule is COC(=O)c1ccc2c(c1)CCN(c1cc(Nc3ccccc3)nc(C(C)C)n1)C2. The number of carbonyl (C=O) groups excluding carboxylic acids is 1. The standard InChI is InChI=1S/C24H26N4O2/c1-16(2)23-26-21(25-20-7-5-4-6-8-20)14-22(27-23)28-12-11-17-13-18(24(29)30-3)9-10-19(17)15-28/h4-10,13-14,16H,11-12,15H2,1-3H3,(H,25,26,27). The van der Waals surface area contributed by atoms with E-state index in [1.807, 2.05) is 54.6 Å². The van der Waals surface area contributed by atoms with Crippen LogP contribution in [0.25, 0.3) is 0 Å². The Morgan fingerprint density at radius 1 is 1.07 bits per heavy atom. The lowest BCUT2D eigenvalue weighted by Crippen LogP contribution is -2.31. The van der Waals surface area contributed by atoms with Gasteiger partial charge in [-0.3, -0.25) is 0 Å². The van der Waals surface area contributed by atoms with E-state index in [0.717, 1.165) is 42.7 Å². The van der Waals surface area contributed by atoms with Gasteiger partial charge in [0.1, 0.15) is 17.5 Å². The van der Waals surface area contributed by atoms with Gasteiger partial charge < -0.3 is 15.0 Å². The van der Waals surface area contributed by atoms with Crippen LogP contribution in [0.5, 0.6) is 0 Å². The molecule has 0 saturated carbocycles. The molecule has 2 aromatic carbocycles. The molecule has 6 nitrogen and oxygen atoms in total. The van der Waals surface area contributed by atoms with E-state index in [4.69, 9.17) is 14.7 Å². The fraction of sp³-hybridized carbons (Fsp3) is 0.292. The average molecular weight is 402 g/mol. The Labute approximate surface area is 176 Å². The molecule has 1 aliphatic heterocycles. The lowest BCUT2D eigenvalue weighted by Gasteiger charge is -2.30. The van der Waals surface area contributed by atoms with Crippen LogP contribution in [-0.4, -0.2) is 29.6 Å². The summed E-state index contributed by atoms with van der Waals surface area (Å²) in [7, 11) is 1.41. The molecule has 0 aliphatic carbocycles. The predicted octanol–water partition coefficient (Wildman–Crippen LogP) is 4.69. The lowest BCUT2D eigenvalue weighted by atomic mass is 9.97. The van der Waals surface area contributed by atoms with Gasteiger partial charge in [0.05, 0.1) is 12.7 Å². The molecule has 30 heavy (non-hydrogen) atoms. The molecule has 0 fully saturated rings. The third-order valence-electron chi connectivity index (χ3n) is 5.26. The zero-order valence-electron chi connectivity index (χ0n) is 17.6. The molecule has 0 radical (unpaired) electrons. The molecule has 2 heterocycles. The van der Waals surface area contributed by atoms with E-state index in [1.165, 1.54) is 18.2 Å². The number of aromatic nitrogens is 2. The molecule has 0 spiro atoms. The largest absolute Gasteiger partial charge is 0.465 e. The highest BCUT2D eigenvalue weighted by Gasteiger charge is 2.21. The minimum Gasteiger partial charge on any atom is -0.465 e. The van der Waals surface area contributed by atoms with Gasteiger partial charge in [0.25, 0.3) is 0 Å². The molecular weight excluding hydrogens is 376 g/mol. The van der Waals surface area contributed by atoms with Gasteiger partial charge in [-0.1, -0.05) is 38.1 Å². The van der Waals surface area contributed by atoms with Gasteiger partial charge in [0, 0.05) is 30.8 Å². The van der Waals surface area contributed by atoms with Crippen LogP contribution in [0.15, 0.2) is 54.6 Å². The molecule has 1 aromatic heterocycles. The van der Waals surface area contributed by atoms with E-state index in [1.54, 1.807) is 0 Å². The second-order valence-corrected chi connectivity index (χ2v) is 7.76. The topological polar surface area (TPSA) is 67.3 Å². The molecule has 6 heteroatoms. The maximum atomic E-state index is 11.8. The van der Waals surface area contributed by atoms with E-state index in [-0.39, 0.29) is 11.9 Å². The summed E-state index contributed by atoms with van der Waals surface area (Å²) in [5.74, 6) is 2.45. The maximum Gasteiger partial charge on any atom is 0.337 e. The minimum atomic E-state index is -0.297. The normalized spacial score (nSPS) is 13.1. The van der Waals surface area contributed by atoms with Crippen LogP contribution in [-0.2, 0) is 17.7 Å². The molecule has 0 saturated heterocycles. The summed E-state index contributed by atoms with van der Waals surface area (Å²) < 4.78 is 4.84. The van der Waals surface area contributed by atoms with E-state index in [9.17, 15) is 4.79 Å². The molecule has 1 N–H and O–H groups in total. The molecule has 154 valence electrons. The van der Waals surface area contributed by atoms with Crippen molar-refractivity contribution in [1.82, 2.24) is 9.97 Å². The number of methoxy groups -OCH3 is 1. The van der Waals surface area contributed by atoms with Crippen molar-refractivity contribution in [3.8, 4) is 0 Å². The predicted molar refractivity (Wildman–Crippen MR) is 118 cm³/mol. The smallest absolute Gasteiger partial charge is 0.337 e. The number of hydrogen-bond acceptors (Lipinski definition) is 6. The Balaban J connectivity index is 1.61. The van der Waals surface area contributed by atoms with Crippen LogP contribution in [0.3, 0.4) is 0 Å². The van der Waals surface area contributed by atoms with Crippen LogP contribution < -0.4 is 10.2 Å². The molecule has 4 rings (SSSR count). The Kier molecular flexibility index (Phi) is 5.65. The van der Waals surface area contributed by atoms with Crippen LogP contribution in [0.2, 0.25) is 0 Å². The van der Waals surface area contributed by atoms with Crippen molar-refractivity contribution < 1.29 is 9.53 Å². The number of para-hydroxylation sites is 1. The fourth-order valence-electron chi connectivity index (χ4n) is 3.60. The number of anilines is 3. The van der Waals surface area contributed by atoms with Crippen LogP contribution in [0.1, 0.15) is 47.1 Å². The highest BCUT2D eigenvalue weighted by molar-refractivity contribution is 5.89. The second-order valence-electron chi connectivity index (χ2n) is 7.76. The number of benzene rings is 2. The number of ether oxygens (including phenoxy) is 1. The van der Waals surface area contributed by atoms with Gasteiger partial charge in [-0.2, -0.15) is 0 Å². The molecule has 0 amide bonds. The monoisotopic (exact) mass is 402 g/mol. The third-order valence-corrected chi connectivity index (χ3v) is 5.26. The molecule has 0 unspecified atom stereocenters. The molecule has 3 aromatic rings. The average Bonchev–Trinajstić information content (AvgIpc) is 2.78. The Hall–Kier alpha value is -3.41. The zero-order valence-corrected chi connectivity index (χ0v) is 17.6. The Morgan fingerprint density at radius 3 is 2.60 bits per heavy atom. The summed E-state index contributed by atoms with van der Waals surface area (Å²) in [5.41, 5.74) is 3.99. The summed E-state index contributed by atoms with van der Waals surface area (Å²) >= 11 is 0. The van der Waals surface area contributed by atoms with Crippen molar-refractivity contribution >= 4 is 23.3 Å². The third kappa shape index (κ3) is 4.27. The molecule has 0 atom stereocenters. The maximum absolute atomic E-state index is 11.8. The number of rotatable bonds is 5. The van der Waals surface area contributed by atoms with Gasteiger partial charge in [-0.15, -0.1) is 0 Å². The van der Waals surface area contributed by atoms with E-state index >= 15 is 0 Å². The van der Waals surface area contributed by atoms with Crippen molar-refractivity contribution in [2.24, 2.45) is 0 Å². The number of esters is 1. The first-order valence-electron chi connectivity index (χ1n) is 10.2. The summed E-state index contributed by atoms with van der Waals surface area (Å²) in [4.78, 5) is 23.6. The Bertz CT molecular complexity index is 1050. The van der Waals surface area contributed by atoms with Crippen LogP contribution >= 0.6 is 0 Å². The number of carbonyl (C=O) groups is 1. The van der Waals surface area contributed by atoms with Gasteiger partial charge in [0.15, 0.2) is 0 Å². The van der Waals surface area contributed by atoms with E-state index < -0.39 is 0 Å². The van der Waals surface area contributed by atoms with Crippen molar-refractivity contribution in [2.45, 2.75) is 32.7 Å². The van der Waals surface area contributed by atoms with Gasteiger partial charge in [-0.05, 0) is 41.8 Å². The number of nitrogens with zero attached hydrogens (tertiary/aromatic N) is 3. The van der Waals surface area contributed by atoms with E-state index in [2.05, 4.69) is 24.1 Å². The number of hydrogen-bond donors (Lipinski definition) is 1. The highest BCUT2D eigenvalue weighted by Crippen LogP contribution is 2.28. The first-order valence-corrected chi connectivity index (χ1v) is 10.2. The van der Waals surface area contributed by atoms with E-state index in [0.29, 0.717) is 5.56 Å². The summed E-state index contributed by atoms with van der Waals surface area (Å²) in [5, 5.41) is 3.40. The first-order chi connectivity index (χ1) is 14.5. The van der Waals surface area contributed by atoms with Crippen molar-refractivity contribution in [1.29, 1.82) is 0 Å². The second kappa shape index (κ2) is 8.53. The van der Waals surface area contributed by atoms with Gasteiger partial charge >= 0.3 is 5.97 Å². The quantitative estimate of drug-likeness (QED) is 0.625. The minimum absolute atomic E-state index is 0.223. The lowest BCUT2D eigenvalue weighted by molar-refractivity contribution is 0.0600. The fourth-order valence-corrected chi connectivity index (χ4v) is 3.60. The van der Waals surface area contributed by atoms with Gasteiger partial charge in [-0.25, -0.2) is 14.8 Å². The molecular formula is C24H26N4O2. The van der Waals surface area contributed by atoms with Crippen molar-refractivity contribution in [2.75, 3.05) is 23.9 Å². The highest BCUT2D eigenvalue weighted by atomic mass is 16.5. The number of fused-ring (bicyclic) bond motifs is 1. The molecule has 1 aliphatic rings. The first kappa shape index (κ1) is 19.9. The molecule has 0 bridgehead atoms. The van der Waals surface area contributed by atoms with Gasteiger partial charge in [0.2, 0.25) is 0 Å². The Morgan fingerprint density at radius 2 is 1.87 bits per heavy atom. The van der Waals surface area contributed by atoms with Crippen molar-refractivity contribution in [3.63, 3.8) is 0 Å². The summed E-state index contributed by atoms with van der Waals surface area (Å²) in [6.45, 7) is 5.78. The van der Waals surface area contributed by atoms with Crippen molar-refractivity contribution in [3.05, 3.63) is 77.1 Å². The summed E-state index contributed by atoms with van der Waals surface area (Å²) in [6, 6.07) is 17.8. The number of nitrogens with one attached hydrogen (secondary N) is 1. The zero-order chi connectivity index (χ0) is 21.1. The van der Waals surface area contributed by atoms with Crippen LogP contribution in [0, 0.1) is 0 Å². The van der Waals surface area contributed by atoms with Crippen LogP contribution in [0.4, 0.5) is 17.3 Å². The summed E-state index contributed by atoms with van der Waals surface area (Å²) in [6.07, 6.45) is 0.850.